The molecule has 0 aromatic carbocycles. The van der Waals surface area contributed by atoms with E-state index in [1.165, 1.54) is 0 Å². The molecule has 0 aliphatic carbocycles. The number of halogens is 6. The number of hydrogen-bond acceptors (Lipinski definition) is 5. The zero-order chi connectivity index (χ0) is 21.7. The van der Waals surface area contributed by atoms with Crippen LogP contribution in [0.15, 0.2) is 18.3 Å². The van der Waals surface area contributed by atoms with Crippen molar-refractivity contribution in [1.82, 2.24) is 20.1 Å². The molecule has 2 aliphatic rings. The molecule has 0 unspecified atom stereocenters. The molecule has 4 rings (SSSR count). The van der Waals surface area contributed by atoms with E-state index in [4.69, 9.17) is 0 Å². The summed E-state index contributed by atoms with van der Waals surface area (Å²) >= 11 is 0. The largest absolute Gasteiger partial charge is 0.433 e. The van der Waals surface area contributed by atoms with E-state index in [-0.39, 0.29) is 11.3 Å². The van der Waals surface area contributed by atoms with Crippen molar-refractivity contribution in [1.29, 1.82) is 0 Å². The van der Waals surface area contributed by atoms with Gasteiger partial charge in [-0.2, -0.15) is 31.4 Å². The molecule has 13 heteroatoms. The number of rotatable bonds is 2. The number of cyclic esters (lactones) is 1. The third-order valence-electron chi connectivity index (χ3n) is 4.95. The van der Waals surface area contributed by atoms with Gasteiger partial charge in [0.2, 0.25) is 6.10 Å². The number of carbonyl (C=O) groups excluding carboxylic acids is 1. The summed E-state index contributed by atoms with van der Waals surface area (Å²) in [5.41, 5.74) is -2.21. The highest BCUT2D eigenvalue weighted by Gasteiger charge is 2.49. The number of carbonyl (C=O) groups is 1. The molecule has 1 atom stereocenters. The molecule has 162 valence electrons. The van der Waals surface area contributed by atoms with E-state index in [2.05, 4.69) is 20.1 Å². The van der Waals surface area contributed by atoms with Gasteiger partial charge in [0.15, 0.2) is 0 Å². The Morgan fingerprint density at radius 3 is 2.47 bits per heavy atom. The lowest BCUT2D eigenvalue weighted by atomic mass is 9.99. The Morgan fingerprint density at radius 2 is 1.83 bits per heavy atom. The number of alkyl halides is 6. The molecule has 1 amide bonds. The first-order chi connectivity index (χ1) is 14.1. The van der Waals surface area contributed by atoms with Crippen LogP contribution in [0, 0.1) is 0 Å². The number of fused-ring (bicyclic) bond motifs is 1. The average Bonchev–Trinajstić information content (AvgIpc) is 3.12. The summed E-state index contributed by atoms with van der Waals surface area (Å²) in [5, 5.41) is 9.11. The van der Waals surface area contributed by atoms with Gasteiger partial charge in [0.1, 0.15) is 11.5 Å². The lowest BCUT2D eigenvalue weighted by molar-refractivity contribution is -0.206. The van der Waals surface area contributed by atoms with Crippen LogP contribution in [0.25, 0.3) is 11.3 Å². The van der Waals surface area contributed by atoms with Crippen LogP contribution in [-0.2, 0) is 10.9 Å². The molecule has 0 spiro atoms. The third kappa shape index (κ3) is 3.68. The number of aromatic nitrogens is 3. The van der Waals surface area contributed by atoms with Crippen LogP contribution in [0.2, 0.25) is 0 Å². The van der Waals surface area contributed by atoms with Gasteiger partial charge < -0.3 is 10.1 Å². The number of nitrogens with one attached hydrogen (secondary N) is 2. The first kappa shape index (κ1) is 20.4. The average molecular weight is 435 g/mol. The Balaban J connectivity index is 1.87. The first-order valence-electron chi connectivity index (χ1n) is 8.97. The molecule has 2 aliphatic heterocycles. The van der Waals surface area contributed by atoms with Crippen molar-refractivity contribution in [2.24, 2.45) is 0 Å². The van der Waals surface area contributed by atoms with Crippen molar-refractivity contribution in [3.8, 4) is 11.3 Å². The van der Waals surface area contributed by atoms with Crippen LogP contribution in [0.5, 0.6) is 0 Å². The predicted octanol–water partition coefficient (Wildman–Crippen LogP) is 4.05. The molecule has 7 nitrogen and oxygen atoms in total. The van der Waals surface area contributed by atoms with Gasteiger partial charge in [-0.05, 0) is 38.1 Å². The number of piperidine rings is 1. The second-order valence-corrected chi connectivity index (χ2v) is 6.91. The van der Waals surface area contributed by atoms with E-state index in [1.807, 2.05) is 5.32 Å². The van der Waals surface area contributed by atoms with Gasteiger partial charge >= 0.3 is 18.4 Å². The van der Waals surface area contributed by atoms with Crippen LogP contribution >= 0.6 is 0 Å². The van der Waals surface area contributed by atoms with Crippen LogP contribution in [0.4, 0.5) is 37.0 Å². The van der Waals surface area contributed by atoms with E-state index in [9.17, 15) is 31.1 Å². The topological polar surface area (TPSA) is 81.1 Å². The van der Waals surface area contributed by atoms with Gasteiger partial charge in [-0.25, -0.2) is 9.78 Å². The standard InChI is InChI=1S/C17H15F6N5O2/c18-16(19,20)11-7-10(27-28(11)8-1-4-24-5-2-8)9-3-6-25-14-12(9)13(17(21,22)23)30-15(29)26-14/h3,6-8,13,24H,1-2,4-5H2,(H,25,26,29)/t13-/m1/s1. The normalized spacial score (nSPS) is 20.5. The fourth-order valence-corrected chi connectivity index (χ4v) is 3.65. The van der Waals surface area contributed by atoms with E-state index < -0.39 is 47.7 Å². The minimum absolute atomic E-state index is 0.250. The maximum Gasteiger partial charge on any atom is 0.433 e. The van der Waals surface area contributed by atoms with Crippen molar-refractivity contribution < 1.29 is 35.9 Å². The molecular formula is C17H15F6N5O2. The van der Waals surface area contributed by atoms with E-state index in [0.717, 1.165) is 16.9 Å². The Labute approximate surface area is 165 Å². The second kappa shape index (κ2) is 7.15. The highest BCUT2D eigenvalue weighted by molar-refractivity contribution is 5.89. The smallest absolute Gasteiger partial charge is 0.431 e. The number of nitrogens with zero attached hydrogens (tertiary/aromatic N) is 3. The highest BCUT2D eigenvalue weighted by Crippen LogP contribution is 2.46. The zero-order valence-corrected chi connectivity index (χ0v) is 15.1. The molecule has 0 radical (unpaired) electrons. The number of pyridine rings is 1. The van der Waals surface area contributed by atoms with Crippen molar-refractivity contribution in [3.05, 3.63) is 29.6 Å². The lowest BCUT2D eigenvalue weighted by Crippen LogP contribution is -2.34. The minimum atomic E-state index is -4.99. The van der Waals surface area contributed by atoms with E-state index in [0.29, 0.717) is 32.0 Å². The van der Waals surface area contributed by atoms with Gasteiger partial charge in [0.25, 0.3) is 0 Å². The summed E-state index contributed by atoms with van der Waals surface area (Å²) in [6.45, 7) is 0.996. The van der Waals surface area contributed by atoms with Crippen LogP contribution in [-0.4, -0.2) is 40.1 Å². The quantitative estimate of drug-likeness (QED) is 0.696. The molecule has 1 saturated heterocycles. The summed E-state index contributed by atoms with van der Waals surface area (Å²) in [4.78, 5) is 15.2. The van der Waals surface area contributed by atoms with Crippen molar-refractivity contribution in [2.45, 2.75) is 37.3 Å². The lowest BCUT2D eigenvalue weighted by Gasteiger charge is -2.28. The maximum absolute atomic E-state index is 13.6. The van der Waals surface area contributed by atoms with Crippen LogP contribution < -0.4 is 10.6 Å². The minimum Gasteiger partial charge on any atom is -0.431 e. The van der Waals surface area contributed by atoms with Crippen molar-refractivity contribution >= 4 is 11.9 Å². The predicted molar refractivity (Wildman–Crippen MR) is 90.5 cm³/mol. The molecule has 2 aromatic heterocycles. The van der Waals surface area contributed by atoms with Crippen molar-refractivity contribution in [3.63, 3.8) is 0 Å². The monoisotopic (exact) mass is 435 g/mol. The number of hydrogen-bond donors (Lipinski definition) is 2. The van der Waals surface area contributed by atoms with Gasteiger partial charge in [0, 0.05) is 11.8 Å². The summed E-state index contributed by atoms with van der Waals surface area (Å²) in [7, 11) is 0. The fraction of sp³-hybridized carbons (Fsp3) is 0.471. The molecule has 2 N–H and O–H groups in total. The summed E-state index contributed by atoms with van der Waals surface area (Å²) < 4.78 is 86.6. The van der Waals surface area contributed by atoms with Crippen LogP contribution in [0.1, 0.15) is 36.2 Å². The molecule has 1 fully saturated rings. The van der Waals surface area contributed by atoms with Gasteiger partial charge in [-0.3, -0.25) is 10.00 Å². The second-order valence-electron chi connectivity index (χ2n) is 6.91. The van der Waals surface area contributed by atoms with Crippen LogP contribution in [0.3, 0.4) is 0 Å². The van der Waals surface area contributed by atoms with Gasteiger partial charge in [-0.15, -0.1) is 0 Å². The Kier molecular flexibility index (Phi) is 4.87. The molecule has 0 saturated carbocycles. The molecule has 4 heterocycles. The first-order valence-corrected chi connectivity index (χ1v) is 8.97. The number of anilines is 1. The summed E-state index contributed by atoms with van der Waals surface area (Å²) in [5.74, 6) is -0.434. The van der Waals surface area contributed by atoms with Gasteiger partial charge in [-0.1, -0.05) is 0 Å². The number of ether oxygens (including phenoxy) is 1. The van der Waals surface area contributed by atoms with E-state index in [1.54, 1.807) is 0 Å². The number of amides is 1. The summed E-state index contributed by atoms with van der Waals surface area (Å²) in [6.07, 6.45) is -11.9. The van der Waals surface area contributed by atoms with E-state index >= 15 is 0 Å². The zero-order valence-electron chi connectivity index (χ0n) is 15.1. The Bertz CT molecular complexity index is 965. The molecule has 2 aromatic rings. The Hall–Kier alpha value is -2.83. The molecular weight excluding hydrogens is 420 g/mol. The highest BCUT2D eigenvalue weighted by atomic mass is 19.4. The summed E-state index contributed by atoms with van der Waals surface area (Å²) in [6, 6.07) is 1.28. The van der Waals surface area contributed by atoms with Crippen molar-refractivity contribution in [2.75, 3.05) is 18.4 Å². The SMILES string of the molecule is O=C1Nc2nccc(-c3cc(C(F)(F)F)n(C4CCNCC4)n3)c2[C@H](C(F)(F)F)O1. The fourth-order valence-electron chi connectivity index (χ4n) is 3.65. The molecule has 30 heavy (non-hydrogen) atoms. The molecule has 0 bridgehead atoms. The van der Waals surface area contributed by atoms with Gasteiger partial charge in [0.05, 0.1) is 17.3 Å². The Morgan fingerprint density at radius 1 is 1.13 bits per heavy atom. The third-order valence-corrected chi connectivity index (χ3v) is 4.95. The maximum atomic E-state index is 13.6.